The summed E-state index contributed by atoms with van der Waals surface area (Å²) in [5, 5.41) is 13.9. The van der Waals surface area contributed by atoms with Crippen LogP contribution in [0.3, 0.4) is 0 Å². The van der Waals surface area contributed by atoms with Crippen LogP contribution in [0.5, 0.6) is 5.75 Å². The first-order valence-electron chi connectivity index (χ1n) is 5.06. The van der Waals surface area contributed by atoms with Crippen LogP contribution in [-0.2, 0) is 6.54 Å². The van der Waals surface area contributed by atoms with Gasteiger partial charge in [-0.3, -0.25) is 0 Å². The van der Waals surface area contributed by atoms with Crippen LogP contribution in [0.25, 0.3) is 11.4 Å². The molecule has 0 bridgehead atoms. The number of benzene rings is 1. The topological polar surface area (TPSA) is 85.2 Å². The number of rotatable bonds is 2. The number of aryl methyl sites for hydroxylation is 2. The molecule has 1 heterocycles. The largest absolute Gasteiger partial charge is 0.506 e. The van der Waals surface area contributed by atoms with Gasteiger partial charge in [-0.05, 0) is 40.9 Å². The number of phenols is 1. The van der Waals surface area contributed by atoms with Crippen LogP contribution in [0.1, 0.15) is 17.0 Å². The Morgan fingerprint density at radius 3 is 2.71 bits per heavy atom. The van der Waals surface area contributed by atoms with E-state index in [0.717, 1.165) is 11.1 Å². The van der Waals surface area contributed by atoms with Crippen LogP contribution in [-0.4, -0.2) is 15.2 Å². The molecule has 2 rings (SSSR count). The molecule has 17 heavy (non-hydrogen) atoms. The summed E-state index contributed by atoms with van der Waals surface area (Å²) >= 11 is 3.32. The summed E-state index contributed by atoms with van der Waals surface area (Å²) < 4.78 is 5.57. The van der Waals surface area contributed by atoms with Crippen molar-refractivity contribution in [3.05, 3.63) is 27.6 Å². The molecule has 0 atom stereocenters. The molecule has 0 saturated heterocycles. The van der Waals surface area contributed by atoms with Gasteiger partial charge < -0.3 is 15.4 Å². The normalized spacial score (nSPS) is 10.8. The zero-order valence-corrected chi connectivity index (χ0v) is 11.1. The molecule has 0 fully saturated rings. The lowest BCUT2D eigenvalue weighted by atomic mass is 10.0. The number of nitrogens with two attached hydrogens (primary N) is 1. The highest BCUT2D eigenvalue weighted by molar-refractivity contribution is 9.10. The van der Waals surface area contributed by atoms with Crippen molar-refractivity contribution in [3.63, 3.8) is 0 Å². The second kappa shape index (κ2) is 4.46. The van der Waals surface area contributed by atoms with Gasteiger partial charge in [0.05, 0.1) is 16.6 Å². The summed E-state index contributed by atoms with van der Waals surface area (Å²) in [6, 6.07) is 1.94. The third-order valence-electron chi connectivity index (χ3n) is 2.48. The fraction of sp³-hybridized carbons (Fsp3) is 0.273. The van der Waals surface area contributed by atoms with Gasteiger partial charge in [0.25, 0.3) is 0 Å². The summed E-state index contributed by atoms with van der Waals surface area (Å²) in [6.07, 6.45) is 0. The second-order valence-corrected chi connectivity index (χ2v) is 4.56. The first-order chi connectivity index (χ1) is 8.04. The van der Waals surface area contributed by atoms with Crippen molar-refractivity contribution in [2.75, 3.05) is 0 Å². The summed E-state index contributed by atoms with van der Waals surface area (Å²) in [5.74, 6) is 0.809. The average Bonchev–Trinajstić information content (AvgIpc) is 2.74. The Bertz CT molecular complexity index is 566. The van der Waals surface area contributed by atoms with E-state index in [-0.39, 0.29) is 12.3 Å². The fourth-order valence-corrected chi connectivity index (χ4v) is 1.98. The zero-order chi connectivity index (χ0) is 12.6. The molecule has 0 aliphatic carbocycles. The third kappa shape index (κ3) is 2.05. The van der Waals surface area contributed by atoms with Crippen LogP contribution >= 0.6 is 15.9 Å². The van der Waals surface area contributed by atoms with Crippen LogP contribution in [0.2, 0.25) is 0 Å². The highest BCUT2D eigenvalue weighted by atomic mass is 79.9. The number of phenolic OH excluding ortho intramolecular Hbond substituents is 1. The minimum absolute atomic E-state index is 0.117. The Hall–Kier alpha value is -1.40. The van der Waals surface area contributed by atoms with Crippen molar-refractivity contribution >= 4 is 15.9 Å². The van der Waals surface area contributed by atoms with Crippen LogP contribution in [0, 0.1) is 13.8 Å². The molecule has 6 heteroatoms. The SMILES string of the molecule is Cc1cc(C)c(-c2noc(CN)n2)c(O)c1Br. The molecule has 0 aliphatic rings. The standard InChI is InChI=1S/C11H12BrN3O2/c1-5-3-6(2)9(12)10(16)8(5)11-14-7(4-13)17-15-11/h3,16H,4,13H2,1-2H3. The monoisotopic (exact) mass is 297 g/mol. The summed E-state index contributed by atoms with van der Waals surface area (Å²) in [7, 11) is 0. The maximum absolute atomic E-state index is 10.1. The lowest BCUT2D eigenvalue weighted by Gasteiger charge is -2.09. The molecule has 2 aromatic rings. The van der Waals surface area contributed by atoms with E-state index >= 15 is 0 Å². The van der Waals surface area contributed by atoms with Crippen molar-refractivity contribution in [1.29, 1.82) is 0 Å². The van der Waals surface area contributed by atoms with Gasteiger partial charge in [0, 0.05) is 0 Å². The van der Waals surface area contributed by atoms with E-state index in [1.807, 2.05) is 19.9 Å². The highest BCUT2D eigenvalue weighted by Gasteiger charge is 2.18. The molecule has 0 amide bonds. The summed E-state index contributed by atoms with van der Waals surface area (Å²) in [4.78, 5) is 4.11. The number of aromatic nitrogens is 2. The third-order valence-corrected chi connectivity index (χ3v) is 3.49. The van der Waals surface area contributed by atoms with Crippen LogP contribution < -0.4 is 5.73 Å². The molecule has 90 valence electrons. The Morgan fingerprint density at radius 2 is 2.12 bits per heavy atom. The minimum Gasteiger partial charge on any atom is -0.506 e. The minimum atomic E-state index is 0.117. The van der Waals surface area contributed by atoms with Gasteiger partial charge >= 0.3 is 0 Å². The van der Waals surface area contributed by atoms with Gasteiger partial charge in [-0.2, -0.15) is 4.98 Å². The van der Waals surface area contributed by atoms with E-state index in [1.165, 1.54) is 0 Å². The number of hydrogen-bond donors (Lipinski definition) is 2. The van der Waals surface area contributed by atoms with Crippen LogP contribution in [0.15, 0.2) is 15.1 Å². The lowest BCUT2D eigenvalue weighted by molar-refractivity contribution is 0.380. The molecule has 5 nitrogen and oxygen atoms in total. The van der Waals surface area contributed by atoms with E-state index in [9.17, 15) is 5.11 Å². The van der Waals surface area contributed by atoms with E-state index < -0.39 is 0 Å². The predicted molar refractivity (Wildman–Crippen MR) is 66.5 cm³/mol. The Morgan fingerprint density at radius 1 is 1.41 bits per heavy atom. The van der Waals surface area contributed by atoms with Gasteiger partial charge in [-0.15, -0.1) is 0 Å². The Kier molecular flexibility index (Phi) is 3.17. The smallest absolute Gasteiger partial charge is 0.240 e. The summed E-state index contributed by atoms with van der Waals surface area (Å²) in [5.41, 5.74) is 7.80. The average molecular weight is 298 g/mol. The van der Waals surface area contributed by atoms with Crippen LogP contribution in [0.4, 0.5) is 0 Å². The van der Waals surface area contributed by atoms with Gasteiger partial charge in [0.2, 0.25) is 11.7 Å². The maximum Gasteiger partial charge on any atom is 0.240 e. The molecular weight excluding hydrogens is 286 g/mol. The van der Waals surface area contributed by atoms with Crippen molar-refractivity contribution < 1.29 is 9.63 Å². The molecule has 3 N–H and O–H groups in total. The van der Waals surface area contributed by atoms with Gasteiger partial charge in [-0.1, -0.05) is 11.2 Å². The van der Waals surface area contributed by atoms with E-state index in [0.29, 0.717) is 21.8 Å². The zero-order valence-electron chi connectivity index (χ0n) is 9.49. The Balaban J connectivity index is 2.62. The van der Waals surface area contributed by atoms with E-state index in [1.54, 1.807) is 0 Å². The molecular formula is C11H12BrN3O2. The number of hydrogen-bond acceptors (Lipinski definition) is 5. The second-order valence-electron chi connectivity index (χ2n) is 3.76. The molecule has 0 radical (unpaired) electrons. The number of nitrogens with zero attached hydrogens (tertiary/aromatic N) is 2. The molecule has 0 spiro atoms. The number of aromatic hydroxyl groups is 1. The van der Waals surface area contributed by atoms with Crippen molar-refractivity contribution in [3.8, 4) is 17.1 Å². The van der Waals surface area contributed by atoms with E-state index in [4.69, 9.17) is 10.3 Å². The first kappa shape index (κ1) is 12.1. The lowest BCUT2D eigenvalue weighted by Crippen LogP contribution is -1.96. The number of halogens is 1. The Labute approximate surface area is 107 Å². The molecule has 0 aliphatic heterocycles. The van der Waals surface area contributed by atoms with Crippen molar-refractivity contribution in [2.24, 2.45) is 5.73 Å². The summed E-state index contributed by atoms with van der Waals surface area (Å²) in [6.45, 7) is 3.97. The van der Waals surface area contributed by atoms with Gasteiger partial charge in [0.1, 0.15) is 5.75 Å². The van der Waals surface area contributed by atoms with Gasteiger partial charge in [-0.25, -0.2) is 0 Å². The molecule has 0 saturated carbocycles. The predicted octanol–water partition coefficient (Wildman–Crippen LogP) is 2.28. The van der Waals surface area contributed by atoms with Crippen molar-refractivity contribution in [1.82, 2.24) is 10.1 Å². The van der Waals surface area contributed by atoms with E-state index in [2.05, 4.69) is 26.1 Å². The highest BCUT2D eigenvalue weighted by Crippen LogP contribution is 2.38. The maximum atomic E-state index is 10.1. The van der Waals surface area contributed by atoms with Gasteiger partial charge in [0.15, 0.2) is 0 Å². The van der Waals surface area contributed by atoms with Crippen molar-refractivity contribution in [2.45, 2.75) is 20.4 Å². The molecule has 0 unspecified atom stereocenters. The molecule has 1 aromatic carbocycles. The molecule has 1 aromatic heterocycles. The fourth-order valence-electron chi connectivity index (χ4n) is 1.67. The quantitative estimate of drug-likeness (QED) is 0.888. The first-order valence-corrected chi connectivity index (χ1v) is 5.85.